The lowest BCUT2D eigenvalue weighted by atomic mass is 9.67. The third-order valence-corrected chi connectivity index (χ3v) is 6.45. The van der Waals surface area contributed by atoms with Crippen LogP contribution >= 0.6 is 27.5 Å². The Kier molecular flexibility index (Phi) is 7.14. The van der Waals surface area contributed by atoms with Crippen molar-refractivity contribution in [1.29, 1.82) is 0 Å². The van der Waals surface area contributed by atoms with Gasteiger partial charge in [-0.25, -0.2) is 0 Å². The molecule has 1 N–H and O–H groups in total. The number of benzene rings is 2. The molecule has 1 aliphatic rings. The van der Waals surface area contributed by atoms with E-state index in [1.54, 1.807) is 6.92 Å². The zero-order chi connectivity index (χ0) is 21.0. The van der Waals surface area contributed by atoms with Gasteiger partial charge >= 0.3 is 5.97 Å². The van der Waals surface area contributed by atoms with Crippen molar-refractivity contribution in [2.24, 2.45) is 11.8 Å². The molecule has 0 radical (unpaired) electrons. The third-order valence-electron chi connectivity index (χ3n) is 5.55. The van der Waals surface area contributed by atoms with Gasteiger partial charge < -0.3 is 9.84 Å². The van der Waals surface area contributed by atoms with Crippen LogP contribution in [-0.4, -0.2) is 23.5 Å². The zero-order valence-electron chi connectivity index (χ0n) is 16.2. The van der Waals surface area contributed by atoms with Gasteiger partial charge in [-0.15, -0.1) is 0 Å². The van der Waals surface area contributed by atoms with E-state index in [1.165, 1.54) is 0 Å². The molecule has 2 aromatic carbocycles. The van der Waals surface area contributed by atoms with Crippen LogP contribution in [0.1, 0.15) is 37.3 Å². The minimum absolute atomic E-state index is 0.0965. The van der Waals surface area contributed by atoms with Crippen LogP contribution in [0.5, 0.6) is 0 Å². The molecule has 0 aliphatic heterocycles. The van der Waals surface area contributed by atoms with E-state index in [0.29, 0.717) is 29.8 Å². The Bertz CT molecular complexity index is 883. The predicted octanol–water partition coefficient (Wildman–Crippen LogP) is 5.08. The van der Waals surface area contributed by atoms with Crippen molar-refractivity contribution in [2.75, 3.05) is 6.61 Å². The fraction of sp³-hybridized carbons (Fsp3) is 0.391. The Labute approximate surface area is 184 Å². The molecule has 0 saturated heterocycles. The average molecular weight is 480 g/mol. The molecule has 3 atom stereocenters. The summed E-state index contributed by atoms with van der Waals surface area (Å²) in [7, 11) is 0. The molecule has 1 saturated carbocycles. The number of ether oxygens (including phenoxy) is 1. The first kappa shape index (κ1) is 22.0. The van der Waals surface area contributed by atoms with Crippen LogP contribution in [0.15, 0.2) is 53.0 Å². The molecule has 1 fully saturated rings. The topological polar surface area (TPSA) is 63.6 Å². The molecule has 0 amide bonds. The highest BCUT2D eigenvalue weighted by molar-refractivity contribution is 9.10. The maximum Gasteiger partial charge on any atom is 0.316 e. The van der Waals surface area contributed by atoms with Crippen LogP contribution in [0.4, 0.5) is 0 Å². The van der Waals surface area contributed by atoms with Crippen LogP contribution in [0, 0.1) is 11.8 Å². The lowest BCUT2D eigenvalue weighted by Gasteiger charge is -2.40. The van der Waals surface area contributed by atoms with E-state index >= 15 is 0 Å². The van der Waals surface area contributed by atoms with Gasteiger partial charge in [0.15, 0.2) is 5.78 Å². The summed E-state index contributed by atoms with van der Waals surface area (Å²) in [6.07, 6.45) is 1.39. The number of Topliss-reactive ketones (excluding diaryl/α,β-unsaturated/α-hetero) is 1. The second-order valence-corrected chi connectivity index (χ2v) is 8.83. The second kappa shape index (κ2) is 9.41. The van der Waals surface area contributed by atoms with Crippen molar-refractivity contribution in [3.63, 3.8) is 0 Å². The molecule has 4 nitrogen and oxygen atoms in total. The summed E-state index contributed by atoms with van der Waals surface area (Å²) in [5.74, 6) is -1.96. The fourth-order valence-corrected chi connectivity index (χ4v) is 4.63. The average Bonchev–Trinajstić information content (AvgIpc) is 2.67. The van der Waals surface area contributed by atoms with Crippen molar-refractivity contribution in [3.8, 4) is 0 Å². The number of carbonyl (C=O) groups is 2. The minimum Gasteiger partial charge on any atom is -0.465 e. The van der Waals surface area contributed by atoms with Gasteiger partial charge in [-0.05, 0) is 61.4 Å². The van der Waals surface area contributed by atoms with Crippen LogP contribution in [0.2, 0.25) is 5.02 Å². The summed E-state index contributed by atoms with van der Waals surface area (Å²) in [4.78, 5) is 25.5. The molecule has 0 bridgehead atoms. The molecule has 1 aliphatic carbocycles. The third kappa shape index (κ3) is 5.08. The van der Waals surface area contributed by atoms with Gasteiger partial charge in [0.25, 0.3) is 0 Å². The first-order valence-corrected chi connectivity index (χ1v) is 10.9. The van der Waals surface area contributed by atoms with Crippen molar-refractivity contribution in [2.45, 2.75) is 38.2 Å². The Hall–Kier alpha value is -1.69. The summed E-state index contributed by atoms with van der Waals surface area (Å²) in [6, 6.07) is 14.8. The van der Waals surface area contributed by atoms with Gasteiger partial charge in [0, 0.05) is 15.9 Å². The smallest absolute Gasteiger partial charge is 0.316 e. The van der Waals surface area contributed by atoms with Gasteiger partial charge in [0.05, 0.1) is 12.2 Å². The molecule has 154 valence electrons. The molecule has 29 heavy (non-hydrogen) atoms. The van der Waals surface area contributed by atoms with Gasteiger partial charge in [0.1, 0.15) is 5.92 Å². The van der Waals surface area contributed by atoms with Crippen LogP contribution < -0.4 is 0 Å². The van der Waals surface area contributed by atoms with Crippen molar-refractivity contribution >= 4 is 39.3 Å². The highest BCUT2D eigenvalue weighted by atomic mass is 79.9. The fourth-order valence-electron chi connectivity index (χ4n) is 4.13. The summed E-state index contributed by atoms with van der Waals surface area (Å²) >= 11 is 9.67. The van der Waals surface area contributed by atoms with E-state index in [1.807, 2.05) is 48.5 Å². The number of ketones is 1. The molecule has 2 aromatic rings. The maximum atomic E-state index is 13.0. The number of aryl methyl sites for hydroxylation is 1. The largest absolute Gasteiger partial charge is 0.465 e. The first-order chi connectivity index (χ1) is 13.8. The summed E-state index contributed by atoms with van der Waals surface area (Å²) in [5.41, 5.74) is 0.340. The van der Waals surface area contributed by atoms with Gasteiger partial charge in [-0.2, -0.15) is 0 Å². The van der Waals surface area contributed by atoms with E-state index in [9.17, 15) is 14.7 Å². The van der Waals surface area contributed by atoms with Crippen LogP contribution in [0.25, 0.3) is 0 Å². The Morgan fingerprint density at radius 2 is 1.93 bits per heavy atom. The van der Waals surface area contributed by atoms with Crippen LogP contribution in [-0.2, 0) is 26.3 Å². The minimum atomic E-state index is -1.30. The number of halogens is 2. The van der Waals surface area contributed by atoms with Crippen molar-refractivity contribution in [1.82, 2.24) is 0 Å². The quantitative estimate of drug-likeness (QED) is 0.463. The van der Waals surface area contributed by atoms with Gasteiger partial charge in [-0.1, -0.05) is 57.9 Å². The zero-order valence-corrected chi connectivity index (χ0v) is 18.6. The SMILES string of the molecule is CCOC(=O)C1C(=O)CC(O)(c2ccc(Br)cc2)CC1CCc1ccccc1Cl. The van der Waals surface area contributed by atoms with Crippen molar-refractivity contribution < 1.29 is 19.4 Å². The lowest BCUT2D eigenvalue weighted by molar-refractivity contribution is -0.161. The maximum absolute atomic E-state index is 13.0. The lowest BCUT2D eigenvalue weighted by Crippen LogP contribution is -2.46. The van der Waals surface area contributed by atoms with E-state index in [0.717, 1.165) is 10.0 Å². The monoisotopic (exact) mass is 478 g/mol. The van der Waals surface area contributed by atoms with Crippen LogP contribution in [0.3, 0.4) is 0 Å². The standard InChI is InChI=1S/C23H24BrClO4/c1-2-29-22(27)21-16(8-7-15-5-3-4-6-19(15)25)13-23(28,14-20(21)26)17-9-11-18(24)12-10-17/h3-6,9-12,16,21,28H,2,7-8,13-14H2,1H3. The van der Waals surface area contributed by atoms with E-state index in [4.69, 9.17) is 16.3 Å². The molecule has 3 rings (SSSR count). The number of aliphatic hydroxyl groups is 1. The number of rotatable bonds is 6. The Morgan fingerprint density at radius 1 is 1.24 bits per heavy atom. The predicted molar refractivity (Wildman–Crippen MR) is 116 cm³/mol. The highest BCUT2D eigenvalue weighted by Crippen LogP contribution is 2.43. The first-order valence-electron chi connectivity index (χ1n) is 9.75. The number of esters is 1. The molecule has 0 spiro atoms. The molecule has 6 heteroatoms. The van der Waals surface area contributed by atoms with E-state index in [-0.39, 0.29) is 24.7 Å². The van der Waals surface area contributed by atoms with Crippen molar-refractivity contribution in [3.05, 3.63) is 69.2 Å². The van der Waals surface area contributed by atoms with E-state index in [2.05, 4.69) is 15.9 Å². The van der Waals surface area contributed by atoms with Gasteiger partial charge in [0.2, 0.25) is 0 Å². The number of hydrogen-bond acceptors (Lipinski definition) is 4. The number of carbonyl (C=O) groups excluding carboxylic acids is 2. The van der Waals surface area contributed by atoms with E-state index < -0.39 is 17.5 Å². The molecular weight excluding hydrogens is 456 g/mol. The summed E-state index contributed by atoms with van der Waals surface area (Å²) < 4.78 is 6.07. The molecule has 0 heterocycles. The molecule has 0 aromatic heterocycles. The Morgan fingerprint density at radius 3 is 2.59 bits per heavy atom. The molecule has 3 unspecified atom stereocenters. The van der Waals surface area contributed by atoms with Gasteiger partial charge in [-0.3, -0.25) is 9.59 Å². The normalized spacial score (nSPS) is 24.3. The summed E-state index contributed by atoms with van der Waals surface area (Å²) in [6.45, 7) is 1.94. The Balaban J connectivity index is 1.87. The summed E-state index contributed by atoms with van der Waals surface area (Å²) in [5, 5.41) is 12.0. The highest BCUT2D eigenvalue weighted by Gasteiger charge is 2.48. The molecular formula is C23H24BrClO4. The second-order valence-electron chi connectivity index (χ2n) is 7.51. The number of hydrogen-bond donors (Lipinski definition) is 1.